The maximum atomic E-state index is 14.0. The van der Waals surface area contributed by atoms with Crippen molar-refractivity contribution < 1.29 is 27.1 Å². The number of sulfonamides is 1. The van der Waals surface area contributed by atoms with Gasteiger partial charge in [-0.1, -0.05) is 22.9 Å². The van der Waals surface area contributed by atoms with Crippen molar-refractivity contribution in [3.8, 4) is 11.1 Å². The Kier molecular flexibility index (Phi) is 5.21. The Morgan fingerprint density at radius 2 is 1.93 bits per heavy atom. The number of hydrogen-bond acceptors (Lipinski definition) is 6. The van der Waals surface area contributed by atoms with Crippen LogP contribution in [0.1, 0.15) is 15.4 Å². The van der Waals surface area contributed by atoms with Crippen molar-refractivity contribution in [2.45, 2.75) is 11.1 Å². The van der Waals surface area contributed by atoms with E-state index in [-0.39, 0.29) is 35.4 Å². The molecule has 6 nitrogen and oxygen atoms in total. The van der Waals surface area contributed by atoms with Crippen LogP contribution in [0, 0.1) is 18.6 Å². The quantitative estimate of drug-likeness (QED) is 0.591. The molecule has 2 N–H and O–H groups in total. The highest BCUT2D eigenvalue weighted by atomic mass is 35.5. The number of benzene rings is 1. The van der Waals surface area contributed by atoms with Gasteiger partial charge in [-0.15, -0.1) is 11.3 Å². The van der Waals surface area contributed by atoms with Gasteiger partial charge in [0.2, 0.25) is 0 Å². The normalized spacial score (nSPS) is 11.6. The van der Waals surface area contributed by atoms with E-state index in [1.54, 1.807) is 0 Å². The van der Waals surface area contributed by atoms with Crippen LogP contribution in [0.4, 0.5) is 13.9 Å². The molecule has 3 aromatic rings. The molecule has 3 rings (SSSR count). The van der Waals surface area contributed by atoms with Gasteiger partial charge >= 0.3 is 5.97 Å². The molecule has 0 saturated carbocycles. The lowest BCUT2D eigenvalue weighted by Crippen LogP contribution is -2.11. The number of aryl methyl sites for hydroxylation is 1. The van der Waals surface area contributed by atoms with E-state index in [2.05, 4.69) is 9.71 Å². The van der Waals surface area contributed by atoms with Crippen LogP contribution < -0.4 is 4.72 Å². The van der Waals surface area contributed by atoms with Crippen molar-refractivity contribution >= 4 is 55.4 Å². The molecule has 142 valence electrons. The smallest absolute Gasteiger partial charge is 0.347 e. The number of carboxylic acids is 1. The van der Waals surface area contributed by atoms with Gasteiger partial charge in [0.15, 0.2) is 5.13 Å². The number of thiophene rings is 1. The number of carbonyl (C=O) groups is 1. The molecule has 2 heterocycles. The highest BCUT2D eigenvalue weighted by molar-refractivity contribution is 7.95. The largest absolute Gasteiger partial charge is 0.477 e. The van der Waals surface area contributed by atoms with Crippen LogP contribution >= 0.6 is 34.3 Å². The number of aromatic nitrogens is 1. The zero-order chi connectivity index (χ0) is 19.9. The van der Waals surface area contributed by atoms with Crippen LogP contribution in [0.25, 0.3) is 11.1 Å². The molecular formula is C15H9ClF2N2O4S3. The van der Waals surface area contributed by atoms with E-state index >= 15 is 0 Å². The van der Waals surface area contributed by atoms with Crippen LogP contribution in [0.2, 0.25) is 4.34 Å². The lowest BCUT2D eigenvalue weighted by atomic mass is 10.1. The van der Waals surface area contributed by atoms with E-state index in [1.165, 1.54) is 6.92 Å². The Bertz CT molecular complexity index is 1160. The maximum Gasteiger partial charge on any atom is 0.347 e. The second-order valence-electron chi connectivity index (χ2n) is 5.22. The van der Waals surface area contributed by atoms with Crippen LogP contribution in [-0.4, -0.2) is 24.5 Å². The molecule has 1 aromatic carbocycles. The van der Waals surface area contributed by atoms with Gasteiger partial charge in [0.05, 0.1) is 5.69 Å². The number of rotatable bonds is 5. The Hall–Kier alpha value is -2.08. The standard InChI is InChI=1S/C15H9ClF2N2O4S3/c1-6-12(14(21)22)26-15(19-6)20-27(23,24)11-5-9(13(16)25-11)8-4-7(17)2-3-10(8)18/h2-5H,1H3,(H,19,20)(H,21,22). The lowest BCUT2D eigenvalue weighted by Gasteiger charge is -2.02. The summed E-state index contributed by atoms with van der Waals surface area (Å²) in [4.78, 5) is 14.8. The number of carboxylic acid groups (broad SMARTS) is 1. The molecule has 0 amide bonds. The molecule has 2 aromatic heterocycles. The molecule has 0 bridgehead atoms. The summed E-state index contributed by atoms with van der Waals surface area (Å²) in [7, 11) is -4.15. The summed E-state index contributed by atoms with van der Waals surface area (Å²) in [6.45, 7) is 1.44. The van der Waals surface area contributed by atoms with Crippen LogP contribution in [0.5, 0.6) is 0 Å². The highest BCUT2D eigenvalue weighted by Crippen LogP contribution is 2.39. The summed E-state index contributed by atoms with van der Waals surface area (Å²) in [6.07, 6.45) is 0. The Balaban J connectivity index is 1.98. The first kappa shape index (κ1) is 19.7. The predicted octanol–water partition coefficient (Wildman–Crippen LogP) is 4.61. The molecule has 0 aliphatic rings. The third-order valence-electron chi connectivity index (χ3n) is 3.36. The SMILES string of the molecule is Cc1nc(NS(=O)(=O)c2cc(-c3cc(F)ccc3F)c(Cl)s2)sc1C(=O)O. The first-order chi connectivity index (χ1) is 12.6. The Morgan fingerprint density at radius 1 is 1.22 bits per heavy atom. The van der Waals surface area contributed by atoms with Crippen molar-refractivity contribution in [2.75, 3.05) is 4.72 Å². The second-order valence-corrected chi connectivity index (χ2v) is 9.78. The predicted molar refractivity (Wildman–Crippen MR) is 99.3 cm³/mol. The molecule has 0 aliphatic carbocycles. The van der Waals surface area contributed by atoms with Gasteiger partial charge in [0.25, 0.3) is 10.0 Å². The fourth-order valence-corrected chi connectivity index (χ4v) is 5.96. The fraction of sp³-hybridized carbons (Fsp3) is 0.0667. The lowest BCUT2D eigenvalue weighted by molar-refractivity contribution is 0.0701. The summed E-state index contributed by atoms with van der Waals surface area (Å²) < 4.78 is 54.3. The fourth-order valence-electron chi connectivity index (χ4n) is 2.17. The van der Waals surface area contributed by atoms with Gasteiger partial charge in [0.1, 0.15) is 25.1 Å². The van der Waals surface area contributed by atoms with Crippen molar-refractivity contribution in [3.05, 3.63) is 50.8 Å². The van der Waals surface area contributed by atoms with Crippen LogP contribution in [0.3, 0.4) is 0 Å². The van der Waals surface area contributed by atoms with Crippen molar-refractivity contribution in [3.63, 3.8) is 0 Å². The summed E-state index contributed by atoms with van der Waals surface area (Å²) in [5, 5.41) is 8.89. The average Bonchev–Trinajstić information content (AvgIpc) is 3.12. The molecule has 0 atom stereocenters. The molecule has 0 unspecified atom stereocenters. The third-order valence-corrected chi connectivity index (χ3v) is 7.72. The Morgan fingerprint density at radius 3 is 2.56 bits per heavy atom. The van der Waals surface area contributed by atoms with Crippen molar-refractivity contribution in [2.24, 2.45) is 0 Å². The highest BCUT2D eigenvalue weighted by Gasteiger charge is 2.24. The minimum atomic E-state index is -4.15. The van der Waals surface area contributed by atoms with Crippen molar-refractivity contribution in [1.82, 2.24) is 4.98 Å². The minimum absolute atomic E-state index is 0.0283. The zero-order valence-electron chi connectivity index (χ0n) is 13.3. The van der Waals surface area contributed by atoms with Gasteiger partial charge in [-0.25, -0.2) is 27.0 Å². The Labute approximate surface area is 165 Å². The van der Waals surface area contributed by atoms with Crippen molar-refractivity contribution in [1.29, 1.82) is 0 Å². The van der Waals surface area contributed by atoms with E-state index in [4.69, 9.17) is 16.7 Å². The van der Waals surface area contributed by atoms with Gasteiger partial charge in [0, 0.05) is 11.1 Å². The topological polar surface area (TPSA) is 96.4 Å². The average molecular weight is 451 g/mol. The van der Waals surface area contributed by atoms with Gasteiger partial charge in [-0.3, -0.25) is 4.72 Å². The molecule has 0 saturated heterocycles. The van der Waals surface area contributed by atoms with Gasteiger partial charge in [-0.05, 0) is 31.2 Å². The van der Waals surface area contributed by atoms with Gasteiger partial charge in [-0.2, -0.15) is 0 Å². The molecule has 0 fully saturated rings. The number of aromatic carboxylic acids is 1. The zero-order valence-corrected chi connectivity index (χ0v) is 16.5. The molecule has 12 heteroatoms. The summed E-state index contributed by atoms with van der Waals surface area (Å²) >= 11 is 7.35. The summed E-state index contributed by atoms with van der Waals surface area (Å²) in [5.41, 5.74) is 0.0217. The van der Waals surface area contributed by atoms with E-state index in [9.17, 15) is 22.0 Å². The number of hydrogen-bond donors (Lipinski definition) is 2. The first-order valence-corrected chi connectivity index (χ1v) is 10.6. The molecule has 27 heavy (non-hydrogen) atoms. The van der Waals surface area contributed by atoms with Crippen LogP contribution in [0.15, 0.2) is 28.5 Å². The summed E-state index contributed by atoms with van der Waals surface area (Å²) in [5.74, 6) is -2.68. The van der Waals surface area contributed by atoms with E-state index < -0.39 is 27.6 Å². The van der Waals surface area contributed by atoms with Crippen LogP contribution in [-0.2, 0) is 10.0 Å². The number of nitrogens with one attached hydrogen (secondary N) is 1. The first-order valence-electron chi connectivity index (χ1n) is 7.07. The maximum absolute atomic E-state index is 14.0. The monoisotopic (exact) mass is 450 g/mol. The summed E-state index contributed by atoms with van der Waals surface area (Å²) in [6, 6.07) is 3.88. The number of nitrogens with zero attached hydrogens (tertiary/aromatic N) is 1. The van der Waals surface area contributed by atoms with E-state index in [0.29, 0.717) is 22.7 Å². The molecule has 0 aliphatic heterocycles. The number of halogens is 3. The second kappa shape index (κ2) is 7.15. The number of thiazole rings is 1. The third kappa shape index (κ3) is 3.95. The molecule has 0 radical (unpaired) electrons. The number of anilines is 1. The minimum Gasteiger partial charge on any atom is -0.477 e. The molecular weight excluding hydrogens is 442 g/mol. The van der Waals surface area contributed by atoms with E-state index in [0.717, 1.165) is 24.3 Å². The van der Waals surface area contributed by atoms with Gasteiger partial charge < -0.3 is 5.11 Å². The van der Waals surface area contributed by atoms with E-state index in [1.807, 2.05) is 0 Å². The molecule has 0 spiro atoms.